The van der Waals surface area contributed by atoms with Crippen LogP contribution in [0.2, 0.25) is 0 Å². The first-order chi connectivity index (χ1) is 4.34. The minimum atomic E-state index is -0.108. The number of rotatable bonds is 1. The van der Waals surface area contributed by atoms with E-state index in [1.165, 1.54) is 0 Å². The maximum Gasteiger partial charge on any atom is 0.323 e. The van der Waals surface area contributed by atoms with Gasteiger partial charge in [0.25, 0.3) is 0 Å². The van der Waals surface area contributed by atoms with Crippen LogP contribution >= 0.6 is 0 Å². The Morgan fingerprint density at radius 1 is 1.78 bits per heavy atom. The minimum absolute atomic E-state index is 0.0567. The topological polar surface area (TPSA) is 38.3 Å². The Bertz CT molecular complexity index is 114. The lowest BCUT2D eigenvalue weighted by atomic mass is 10.1. The molecule has 0 amide bonds. The summed E-state index contributed by atoms with van der Waals surface area (Å²) < 4.78 is 4.78. The number of nitrogens with one attached hydrogen (secondary N) is 1. The SMILES string of the molecule is CNC1CCCOC1=O. The molecule has 1 saturated heterocycles. The van der Waals surface area contributed by atoms with Crippen LogP contribution in [0, 0.1) is 0 Å². The van der Waals surface area contributed by atoms with Crippen molar-refractivity contribution in [2.24, 2.45) is 0 Å². The van der Waals surface area contributed by atoms with Gasteiger partial charge in [-0.1, -0.05) is 0 Å². The molecule has 1 atom stereocenters. The van der Waals surface area contributed by atoms with Gasteiger partial charge in [0, 0.05) is 0 Å². The van der Waals surface area contributed by atoms with Gasteiger partial charge in [0.1, 0.15) is 6.04 Å². The smallest absolute Gasteiger partial charge is 0.323 e. The van der Waals surface area contributed by atoms with Gasteiger partial charge in [-0.3, -0.25) is 4.79 Å². The van der Waals surface area contributed by atoms with Gasteiger partial charge in [-0.15, -0.1) is 0 Å². The normalized spacial score (nSPS) is 27.7. The Balaban J connectivity index is 2.39. The van der Waals surface area contributed by atoms with Crippen LogP contribution in [-0.4, -0.2) is 25.7 Å². The summed E-state index contributed by atoms with van der Waals surface area (Å²) in [7, 11) is 1.78. The van der Waals surface area contributed by atoms with Gasteiger partial charge < -0.3 is 10.1 Å². The van der Waals surface area contributed by atoms with Crippen LogP contribution in [0.25, 0.3) is 0 Å². The predicted molar refractivity (Wildman–Crippen MR) is 33.0 cm³/mol. The standard InChI is InChI=1S/C6H11NO2/c1-7-5-3-2-4-9-6(5)8/h5,7H,2-4H2,1H3. The van der Waals surface area contributed by atoms with Crippen molar-refractivity contribution >= 4 is 5.97 Å². The Morgan fingerprint density at radius 2 is 2.56 bits per heavy atom. The van der Waals surface area contributed by atoms with Crippen molar-refractivity contribution in [2.75, 3.05) is 13.7 Å². The van der Waals surface area contributed by atoms with E-state index in [2.05, 4.69) is 5.32 Å². The quantitative estimate of drug-likeness (QED) is 0.503. The number of esters is 1. The number of hydrogen-bond donors (Lipinski definition) is 1. The van der Waals surface area contributed by atoms with E-state index in [0.717, 1.165) is 12.8 Å². The molecule has 0 aromatic rings. The molecular formula is C6H11NO2. The molecule has 52 valence electrons. The Hall–Kier alpha value is -0.570. The molecular weight excluding hydrogens is 118 g/mol. The van der Waals surface area contributed by atoms with E-state index in [1.54, 1.807) is 7.05 Å². The Labute approximate surface area is 54.4 Å². The summed E-state index contributed by atoms with van der Waals surface area (Å²) in [5.74, 6) is -0.108. The summed E-state index contributed by atoms with van der Waals surface area (Å²) >= 11 is 0. The molecule has 1 aliphatic heterocycles. The molecule has 0 aromatic carbocycles. The summed E-state index contributed by atoms with van der Waals surface area (Å²) in [6, 6.07) is -0.0567. The van der Waals surface area contributed by atoms with Gasteiger partial charge in [-0.05, 0) is 19.9 Å². The van der Waals surface area contributed by atoms with E-state index in [-0.39, 0.29) is 12.0 Å². The van der Waals surface area contributed by atoms with Gasteiger partial charge in [-0.2, -0.15) is 0 Å². The number of likely N-dealkylation sites (N-methyl/N-ethyl adjacent to an activating group) is 1. The molecule has 9 heavy (non-hydrogen) atoms. The van der Waals surface area contributed by atoms with Crippen LogP contribution in [0.4, 0.5) is 0 Å². The fourth-order valence-electron chi connectivity index (χ4n) is 0.941. The van der Waals surface area contributed by atoms with Crippen molar-refractivity contribution in [3.8, 4) is 0 Å². The first-order valence-electron chi connectivity index (χ1n) is 3.18. The Kier molecular flexibility index (Phi) is 2.05. The van der Waals surface area contributed by atoms with E-state index < -0.39 is 0 Å². The predicted octanol–water partition coefficient (Wildman–Crippen LogP) is -0.0886. The lowest BCUT2D eigenvalue weighted by Crippen LogP contribution is -2.38. The monoisotopic (exact) mass is 129 g/mol. The highest BCUT2D eigenvalue weighted by molar-refractivity contribution is 5.76. The molecule has 1 fully saturated rings. The summed E-state index contributed by atoms with van der Waals surface area (Å²) in [6.07, 6.45) is 1.90. The zero-order chi connectivity index (χ0) is 6.69. The number of carbonyl (C=O) groups excluding carboxylic acids is 1. The van der Waals surface area contributed by atoms with Crippen molar-refractivity contribution in [3.05, 3.63) is 0 Å². The van der Waals surface area contributed by atoms with Gasteiger partial charge in [0.05, 0.1) is 6.61 Å². The van der Waals surface area contributed by atoms with E-state index in [4.69, 9.17) is 4.74 Å². The second-order valence-electron chi connectivity index (χ2n) is 2.15. The highest BCUT2D eigenvalue weighted by Gasteiger charge is 2.21. The number of cyclic esters (lactones) is 1. The number of carbonyl (C=O) groups is 1. The van der Waals surface area contributed by atoms with Crippen LogP contribution in [-0.2, 0) is 9.53 Å². The molecule has 1 aliphatic rings. The number of hydrogen-bond acceptors (Lipinski definition) is 3. The molecule has 1 N–H and O–H groups in total. The van der Waals surface area contributed by atoms with Gasteiger partial charge >= 0.3 is 5.97 Å². The molecule has 0 aromatic heterocycles. The molecule has 0 saturated carbocycles. The molecule has 1 heterocycles. The molecule has 3 nitrogen and oxygen atoms in total. The highest BCUT2D eigenvalue weighted by atomic mass is 16.5. The first-order valence-corrected chi connectivity index (χ1v) is 3.18. The lowest BCUT2D eigenvalue weighted by molar-refractivity contribution is -0.149. The third kappa shape index (κ3) is 1.42. The van der Waals surface area contributed by atoms with Gasteiger partial charge in [-0.25, -0.2) is 0 Å². The third-order valence-electron chi connectivity index (χ3n) is 1.51. The summed E-state index contributed by atoms with van der Waals surface area (Å²) in [5.41, 5.74) is 0. The zero-order valence-corrected chi connectivity index (χ0v) is 5.52. The summed E-state index contributed by atoms with van der Waals surface area (Å²) in [5, 5.41) is 2.88. The van der Waals surface area contributed by atoms with Crippen molar-refractivity contribution in [3.63, 3.8) is 0 Å². The second-order valence-corrected chi connectivity index (χ2v) is 2.15. The highest BCUT2D eigenvalue weighted by Crippen LogP contribution is 2.05. The van der Waals surface area contributed by atoms with Gasteiger partial charge in [0.2, 0.25) is 0 Å². The average Bonchev–Trinajstić information content (AvgIpc) is 1.89. The fourth-order valence-corrected chi connectivity index (χ4v) is 0.941. The van der Waals surface area contributed by atoms with Crippen molar-refractivity contribution in [2.45, 2.75) is 18.9 Å². The average molecular weight is 129 g/mol. The van der Waals surface area contributed by atoms with E-state index >= 15 is 0 Å². The van der Waals surface area contributed by atoms with Crippen molar-refractivity contribution in [1.29, 1.82) is 0 Å². The van der Waals surface area contributed by atoms with Crippen LogP contribution in [0.15, 0.2) is 0 Å². The van der Waals surface area contributed by atoms with Crippen molar-refractivity contribution < 1.29 is 9.53 Å². The largest absolute Gasteiger partial charge is 0.465 e. The van der Waals surface area contributed by atoms with Gasteiger partial charge in [0.15, 0.2) is 0 Å². The maximum atomic E-state index is 10.7. The second kappa shape index (κ2) is 2.82. The van der Waals surface area contributed by atoms with E-state index in [1.807, 2.05) is 0 Å². The molecule has 0 aliphatic carbocycles. The van der Waals surface area contributed by atoms with Crippen LogP contribution in [0.3, 0.4) is 0 Å². The summed E-state index contributed by atoms with van der Waals surface area (Å²) in [4.78, 5) is 10.7. The minimum Gasteiger partial charge on any atom is -0.465 e. The van der Waals surface area contributed by atoms with Crippen molar-refractivity contribution in [1.82, 2.24) is 5.32 Å². The molecule has 3 heteroatoms. The zero-order valence-electron chi connectivity index (χ0n) is 5.52. The molecule has 0 radical (unpaired) electrons. The lowest BCUT2D eigenvalue weighted by Gasteiger charge is -2.19. The molecule has 0 spiro atoms. The fraction of sp³-hybridized carbons (Fsp3) is 0.833. The van der Waals surface area contributed by atoms with E-state index in [9.17, 15) is 4.79 Å². The third-order valence-corrected chi connectivity index (χ3v) is 1.51. The molecule has 0 bridgehead atoms. The maximum absolute atomic E-state index is 10.7. The summed E-state index contributed by atoms with van der Waals surface area (Å²) in [6.45, 7) is 0.594. The Morgan fingerprint density at radius 3 is 3.00 bits per heavy atom. The van der Waals surface area contributed by atoms with E-state index in [0.29, 0.717) is 6.61 Å². The molecule has 1 unspecified atom stereocenters. The first kappa shape index (κ1) is 6.55. The van der Waals surface area contributed by atoms with Crippen LogP contribution in [0.5, 0.6) is 0 Å². The number of ether oxygens (including phenoxy) is 1. The van der Waals surface area contributed by atoms with Crippen LogP contribution in [0.1, 0.15) is 12.8 Å². The molecule has 1 rings (SSSR count). The van der Waals surface area contributed by atoms with Crippen LogP contribution < -0.4 is 5.32 Å².